The molecular formula is C16H16N2O. The van der Waals surface area contributed by atoms with Crippen LogP contribution < -0.4 is 10.1 Å². The van der Waals surface area contributed by atoms with Gasteiger partial charge in [0.25, 0.3) is 0 Å². The highest BCUT2D eigenvalue weighted by atomic mass is 16.5. The topological polar surface area (TPSA) is 45.0 Å². The number of nitrogens with zero attached hydrogens (tertiary/aromatic N) is 1. The molecule has 1 atom stereocenters. The maximum atomic E-state index is 8.70. The molecule has 1 N–H and O–H groups in total. The van der Waals surface area contributed by atoms with E-state index in [-0.39, 0.29) is 6.04 Å². The van der Waals surface area contributed by atoms with Crippen LogP contribution in [0.15, 0.2) is 54.6 Å². The summed E-state index contributed by atoms with van der Waals surface area (Å²) in [5, 5.41) is 12.0. The van der Waals surface area contributed by atoms with Crippen molar-refractivity contribution >= 4 is 5.69 Å². The van der Waals surface area contributed by atoms with Gasteiger partial charge in [-0.2, -0.15) is 5.26 Å². The summed E-state index contributed by atoms with van der Waals surface area (Å²) in [6.07, 6.45) is 0.458. The van der Waals surface area contributed by atoms with Gasteiger partial charge in [0.1, 0.15) is 5.75 Å². The van der Waals surface area contributed by atoms with Crippen LogP contribution in [0.1, 0.15) is 13.3 Å². The summed E-state index contributed by atoms with van der Waals surface area (Å²) in [5.41, 5.74) is 0.897. The number of rotatable bonds is 5. The van der Waals surface area contributed by atoms with Gasteiger partial charge >= 0.3 is 0 Å². The number of nitrogens with one attached hydrogen (secondary N) is 1. The van der Waals surface area contributed by atoms with Crippen molar-refractivity contribution in [2.45, 2.75) is 19.4 Å². The standard InChI is InChI=1S/C16H16N2O/c1-13(11-12-17)18-15-9-5-6-10-16(15)19-14-7-3-2-4-8-14/h2-10,13,18H,11H2,1H3. The minimum Gasteiger partial charge on any atom is -0.455 e. The lowest BCUT2D eigenvalue weighted by Crippen LogP contribution is -2.14. The van der Waals surface area contributed by atoms with Crippen LogP contribution in [0.2, 0.25) is 0 Å². The Morgan fingerprint density at radius 1 is 1.11 bits per heavy atom. The minimum atomic E-state index is 0.0884. The van der Waals surface area contributed by atoms with Gasteiger partial charge in [-0.3, -0.25) is 0 Å². The highest BCUT2D eigenvalue weighted by Gasteiger charge is 2.07. The van der Waals surface area contributed by atoms with Crippen LogP contribution >= 0.6 is 0 Å². The third kappa shape index (κ3) is 3.75. The quantitative estimate of drug-likeness (QED) is 0.867. The van der Waals surface area contributed by atoms with Gasteiger partial charge in [-0.1, -0.05) is 30.3 Å². The summed E-state index contributed by atoms with van der Waals surface area (Å²) in [5.74, 6) is 1.56. The first-order valence-corrected chi connectivity index (χ1v) is 6.25. The largest absolute Gasteiger partial charge is 0.455 e. The SMILES string of the molecule is CC(CC#N)Nc1ccccc1Oc1ccccc1. The number of para-hydroxylation sites is 3. The number of benzene rings is 2. The van der Waals surface area contributed by atoms with E-state index in [1.54, 1.807) is 0 Å². The zero-order chi connectivity index (χ0) is 13.5. The van der Waals surface area contributed by atoms with E-state index in [0.29, 0.717) is 6.42 Å². The predicted molar refractivity (Wildman–Crippen MR) is 76.3 cm³/mol. The predicted octanol–water partition coefficient (Wildman–Crippen LogP) is 4.19. The molecule has 0 aliphatic carbocycles. The van der Waals surface area contributed by atoms with Crippen LogP contribution in [0.3, 0.4) is 0 Å². The molecule has 3 nitrogen and oxygen atoms in total. The van der Waals surface area contributed by atoms with Gasteiger partial charge in [0.15, 0.2) is 5.75 Å². The second-order valence-corrected chi connectivity index (χ2v) is 4.32. The van der Waals surface area contributed by atoms with Crippen molar-refractivity contribution in [1.29, 1.82) is 5.26 Å². The van der Waals surface area contributed by atoms with E-state index in [0.717, 1.165) is 17.2 Å². The second kappa shape index (κ2) is 6.46. The maximum Gasteiger partial charge on any atom is 0.150 e. The first-order chi connectivity index (χ1) is 9.29. The van der Waals surface area contributed by atoms with Crippen molar-refractivity contribution in [2.75, 3.05) is 5.32 Å². The molecule has 0 aliphatic rings. The van der Waals surface area contributed by atoms with Crippen molar-refractivity contribution in [1.82, 2.24) is 0 Å². The molecule has 0 bridgehead atoms. The minimum absolute atomic E-state index is 0.0884. The highest BCUT2D eigenvalue weighted by Crippen LogP contribution is 2.29. The number of ether oxygens (including phenoxy) is 1. The Kier molecular flexibility index (Phi) is 4.41. The summed E-state index contributed by atoms with van der Waals surface area (Å²) < 4.78 is 5.84. The van der Waals surface area contributed by atoms with Crippen LogP contribution in [-0.2, 0) is 0 Å². The van der Waals surface area contributed by atoms with Gasteiger partial charge in [0.2, 0.25) is 0 Å². The van der Waals surface area contributed by atoms with Gasteiger partial charge in [-0.25, -0.2) is 0 Å². The first-order valence-electron chi connectivity index (χ1n) is 6.25. The van der Waals surface area contributed by atoms with E-state index in [9.17, 15) is 0 Å². The molecule has 1 unspecified atom stereocenters. The van der Waals surface area contributed by atoms with Crippen molar-refractivity contribution in [3.8, 4) is 17.6 Å². The van der Waals surface area contributed by atoms with E-state index in [2.05, 4.69) is 11.4 Å². The van der Waals surface area contributed by atoms with E-state index in [1.165, 1.54) is 0 Å². The lowest BCUT2D eigenvalue weighted by atomic mass is 10.2. The van der Waals surface area contributed by atoms with Crippen LogP contribution in [0.5, 0.6) is 11.5 Å². The van der Waals surface area contributed by atoms with Gasteiger partial charge in [-0.05, 0) is 31.2 Å². The molecule has 2 rings (SSSR count). The Balaban J connectivity index is 2.15. The zero-order valence-corrected chi connectivity index (χ0v) is 10.8. The average molecular weight is 252 g/mol. The number of nitriles is 1. The Morgan fingerprint density at radius 2 is 1.79 bits per heavy atom. The van der Waals surface area contributed by atoms with E-state index >= 15 is 0 Å². The van der Waals surface area contributed by atoms with Crippen LogP contribution in [0.4, 0.5) is 5.69 Å². The molecule has 0 spiro atoms. The molecule has 19 heavy (non-hydrogen) atoms. The van der Waals surface area contributed by atoms with Gasteiger partial charge in [-0.15, -0.1) is 0 Å². The number of anilines is 1. The van der Waals surface area contributed by atoms with Crippen molar-refractivity contribution in [3.05, 3.63) is 54.6 Å². The molecule has 0 saturated heterocycles. The lowest BCUT2D eigenvalue weighted by molar-refractivity contribution is 0.483. The lowest BCUT2D eigenvalue weighted by Gasteiger charge is -2.16. The van der Waals surface area contributed by atoms with E-state index < -0.39 is 0 Å². The molecule has 96 valence electrons. The van der Waals surface area contributed by atoms with Crippen LogP contribution in [0.25, 0.3) is 0 Å². The maximum absolute atomic E-state index is 8.70. The Bertz CT molecular complexity index is 560. The summed E-state index contributed by atoms with van der Waals surface area (Å²) >= 11 is 0. The molecular weight excluding hydrogens is 236 g/mol. The first kappa shape index (κ1) is 13.0. The summed E-state index contributed by atoms with van der Waals surface area (Å²) in [6, 6.07) is 19.6. The Morgan fingerprint density at radius 3 is 2.53 bits per heavy atom. The molecule has 0 heterocycles. The third-order valence-electron chi connectivity index (χ3n) is 2.66. The Labute approximate surface area is 113 Å². The molecule has 0 fully saturated rings. The molecule has 3 heteroatoms. The summed E-state index contributed by atoms with van der Waals surface area (Å²) in [6.45, 7) is 1.97. The summed E-state index contributed by atoms with van der Waals surface area (Å²) in [7, 11) is 0. The molecule has 0 aromatic heterocycles. The van der Waals surface area contributed by atoms with Gasteiger partial charge in [0.05, 0.1) is 18.2 Å². The highest BCUT2D eigenvalue weighted by molar-refractivity contribution is 5.58. The third-order valence-corrected chi connectivity index (χ3v) is 2.66. The fraction of sp³-hybridized carbons (Fsp3) is 0.188. The molecule has 0 amide bonds. The molecule has 0 saturated carbocycles. The van der Waals surface area contributed by atoms with Crippen molar-refractivity contribution in [2.24, 2.45) is 0 Å². The zero-order valence-electron chi connectivity index (χ0n) is 10.8. The summed E-state index contributed by atoms with van der Waals surface area (Å²) in [4.78, 5) is 0. The van der Waals surface area contributed by atoms with Gasteiger partial charge in [0, 0.05) is 6.04 Å². The number of hydrogen-bond donors (Lipinski definition) is 1. The Hall–Kier alpha value is -2.47. The van der Waals surface area contributed by atoms with Crippen molar-refractivity contribution in [3.63, 3.8) is 0 Å². The molecule has 0 aliphatic heterocycles. The average Bonchev–Trinajstić information content (AvgIpc) is 2.42. The fourth-order valence-electron chi connectivity index (χ4n) is 1.74. The normalized spacial score (nSPS) is 11.4. The fourth-order valence-corrected chi connectivity index (χ4v) is 1.74. The van der Waals surface area contributed by atoms with Crippen LogP contribution in [0, 0.1) is 11.3 Å². The number of hydrogen-bond acceptors (Lipinski definition) is 3. The van der Waals surface area contributed by atoms with Gasteiger partial charge < -0.3 is 10.1 Å². The van der Waals surface area contributed by atoms with Crippen molar-refractivity contribution < 1.29 is 4.74 Å². The van der Waals surface area contributed by atoms with Crippen LogP contribution in [-0.4, -0.2) is 6.04 Å². The van der Waals surface area contributed by atoms with E-state index in [4.69, 9.17) is 10.00 Å². The molecule has 2 aromatic rings. The second-order valence-electron chi connectivity index (χ2n) is 4.32. The molecule has 0 radical (unpaired) electrons. The molecule has 2 aromatic carbocycles. The smallest absolute Gasteiger partial charge is 0.150 e. The van der Waals surface area contributed by atoms with E-state index in [1.807, 2.05) is 61.5 Å². The monoisotopic (exact) mass is 252 g/mol.